The molecule has 0 fully saturated rings. The Kier molecular flexibility index (Phi) is 6.48. The average Bonchev–Trinajstić information content (AvgIpc) is 2.92. The van der Waals surface area contributed by atoms with Gasteiger partial charge in [0.2, 0.25) is 5.91 Å². The van der Waals surface area contributed by atoms with Crippen LogP contribution in [0.4, 0.5) is 0 Å². The maximum Gasteiger partial charge on any atom is 0.230 e. The first-order valence-electron chi connectivity index (χ1n) is 7.20. The first-order chi connectivity index (χ1) is 10.2. The van der Waals surface area contributed by atoms with Crippen molar-refractivity contribution in [2.45, 2.75) is 36.6 Å². The number of rotatable bonds is 8. The van der Waals surface area contributed by atoms with Gasteiger partial charge >= 0.3 is 0 Å². The van der Waals surface area contributed by atoms with E-state index < -0.39 is 0 Å². The maximum absolute atomic E-state index is 12.0. The minimum Gasteiger partial charge on any atom is -0.351 e. The van der Waals surface area contributed by atoms with Crippen LogP contribution in [0.25, 0.3) is 10.2 Å². The number of hydrogen-bond donors (Lipinski definition) is 2. The predicted octanol–water partition coefficient (Wildman–Crippen LogP) is 3.02. The van der Waals surface area contributed by atoms with Gasteiger partial charge in [0.1, 0.15) is 0 Å². The Morgan fingerprint density at radius 2 is 2.29 bits per heavy atom. The molecule has 0 bridgehead atoms. The number of unbranched alkanes of at least 4 members (excludes halogenated alkanes) is 1. The van der Waals surface area contributed by atoms with Crippen molar-refractivity contribution < 1.29 is 4.79 Å². The van der Waals surface area contributed by atoms with E-state index in [1.165, 1.54) is 11.8 Å². The quantitative estimate of drug-likeness (QED) is 0.733. The van der Waals surface area contributed by atoms with E-state index in [0.29, 0.717) is 12.3 Å². The summed E-state index contributed by atoms with van der Waals surface area (Å²) in [6, 6.07) is 8.11. The van der Waals surface area contributed by atoms with Crippen LogP contribution in [0.5, 0.6) is 0 Å². The standard InChI is InChI=1S/C15H21N3OS2/c1-2-3-6-11(9-16)17-14(19)10-20-15-18-12-7-4-5-8-13(12)21-15/h4-5,7-8,11H,2-3,6,9-10,16H2,1H3,(H,17,19). The van der Waals surface area contributed by atoms with E-state index in [1.807, 2.05) is 24.3 Å². The molecule has 0 aliphatic rings. The van der Waals surface area contributed by atoms with Gasteiger partial charge in [0, 0.05) is 12.6 Å². The van der Waals surface area contributed by atoms with Crippen LogP contribution in [0.2, 0.25) is 0 Å². The molecular weight excluding hydrogens is 302 g/mol. The van der Waals surface area contributed by atoms with E-state index >= 15 is 0 Å². The molecule has 6 heteroatoms. The fraction of sp³-hybridized carbons (Fsp3) is 0.467. The van der Waals surface area contributed by atoms with Gasteiger partial charge in [-0.1, -0.05) is 43.7 Å². The van der Waals surface area contributed by atoms with E-state index in [2.05, 4.69) is 17.2 Å². The third kappa shape index (κ3) is 4.98. The topological polar surface area (TPSA) is 68.0 Å². The number of hydrogen-bond acceptors (Lipinski definition) is 5. The molecule has 0 radical (unpaired) electrons. The highest BCUT2D eigenvalue weighted by Gasteiger charge is 2.12. The van der Waals surface area contributed by atoms with Crippen LogP contribution in [-0.2, 0) is 4.79 Å². The Morgan fingerprint density at radius 1 is 1.48 bits per heavy atom. The molecule has 1 heterocycles. The van der Waals surface area contributed by atoms with Crippen LogP contribution in [0, 0.1) is 0 Å². The molecule has 1 atom stereocenters. The van der Waals surface area contributed by atoms with Gasteiger partial charge in [-0.3, -0.25) is 4.79 Å². The van der Waals surface area contributed by atoms with E-state index in [9.17, 15) is 4.79 Å². The summed E-state index contributed by atoms with van der Waals surface area (Å²) in [5.74, 6) is 0.424. The highest BCUT2D eigenvalue weighted by Crippen LogP contribution is 2.29. The molecule has 0 aliphatic heterocycles. The molecule has 0 aliphatic carbocycles. The average molecular weight is 323 g/mol. The van der Waals surface area contributed by atoms with Gasteiger partial charge in [-0.15, -0.1) is 11.3 Å². The Bertz CT molecular complexity index is 552. The van der Waals surface area contributed by atoms with Gasteiger partial charge in [0.05, 0.1) is 16.0 Å². The minimum atomic E-state index is 0.0332. The van der Waals surface area contributed by atoms with Crippen LogP contribution in [0.1, 0.15) is 26.2 Å². The molecular formula is C15H21N3OS2. The summed E-state index contributed by atoms with van der Waals surface area (Å²) in [5.41, 5.74) is 6.68. The van der Waals surface area contributed by atoms with Gasteiger partial charge in [0.25, 0.3) is 0 Å². The van der Waals surface area contributed by atoms with Gasteiger partial charge < -0.3 is 11.1 Å². The van der Waals surface area contributed by atoms with E-state index in [4.69, 9.17) is 5.73 Å². The van der Waals surface area contributed by atoms with Crippen molar-refractivity contribution in [1.82, 2.24) is 10.3 Å². The molecule has 1 aromatic heterocycles. The smallest absolute Gasteiger partial charge is 0.230 e. The minimum absolute atomic E-state index is 0.0332. The lowest BCUT2D eigenvalue weighted by molar-refractivity contribution is -0.119. The lowest BCUT2D eigenvalue weighted by Crippen LogP contribution is -2.41. The molecule has 0 saturated heterocycles. The highest BCUT2D eigenvalue weighted by molar-refractivity contribution is 8.01. The zero-order valence-corrected chi connectivity index (χ0v) is 13.8. The number of thiazole rings is 1. The largest absolute Gasteiger partial charge is 0.351 e. The molecule has 2 rings (SSSR count). The van der Waals surface area contributed by atoms with E-state index in [0.717, 1.165) is 33.8 Å². The van der Waals surface area contributed by atoms with Crippen LogP contribution in [0.15, 0.2) is 28.6 Å². The lowest BCUT2D eigenvalue weighted by Gasteiger charge is -2.15. The van der Waals surface area contributed by atoms with Crippen LogP contribution in [-0.4, -0.2) is 29.2 Å². The van der Waals surface area contributed by atoms with Crippen molar-refractivity contribution in [3.8, 4) is 0 Å². The molecule has 0 spiro atoms. The second-order valence-electron chi connectivity index (χ2n) is 4.88. The molecule has 114 valence electrons. The number of carbonyl (C=O) groups excluding carboxylic acids is 1. The maximum atomic E-state index is 12.0. The number of nitrogens with two attached hydrogens (primary N) is 1. The normalized spacial score (nSPS) is 12.5. The number of thioether (sulfide) groups is 1. The molecule has 1 aromatic carbocycles. The van der Waals surface area contributed by atoms with Gasteiger partial charge in [0.15, 0.2) is 4.34 Å². The van der Waals surface area contributed by atoms with Gasteiger partial charge in [-0.25, -0.2) is 4.98 Å². The van der Waals surface area contributed by atoms with Gasteiger partial charge in [-0.05, 0) is 18.6 Å². The van der Waals surface area contributed by atoms with E-state index in [-0.39, 0.29) is 11.9 Å². The predicted molar refractivity (Wildman–Crippen MR) is 90.9 cm³/mol. The Balaban J connectivity index is 1.82. The molecule has 1 amide bonds. The zero-order valence-electron chi connectivity index (χ0n) is 12.2. The van der Waals surface area contributed by atoms with Crippen LogP contribution < -0.4 is 11.1 Å². The highest BCUT2D eigenvalue weighted by atomic mass is 32.2. The summed E-state index contributed by atoms with van der Waals surface area (Å²) in [6.07, 6.45) is 3.16. The first-order valence-corrected chi connectivity index (χ1v) is 9.01. The Morgan fingerprint density at radius 3 is 3.00 bits per heavy atom. The number of benzene rings is 1. The van der Waals surface area contributed by atoms with Crippen molar-refractivity contribution in [2.24, 2.45) is 5.73 Å². The van der Waals surface area contributed by atoms with Crippen LogP contribution >= 0.6 is 23.1 Å². The molecule has 3 N–H and O–H groups in total. The summed E-state index contributed by atoms with van der Waals surface area (Å²) in [7, 11) is 0. The number of fused-ring (bicyclic) bond motifs is 1. The molecule has 0 saturated carbocycles. The van der Waals surface area contributed by atoms with Crippen LogP contribution in [0.3, 0.4) is 0 Å². The van der Waals surface area contributed by atoms with Crippen molar-refractivity contribution in [3.05, 3.63) is 24.3 Å². The molecule has 2 aromatic rings. The zero-order chi connectivity index (χ0) is 15.1. The fourth-order valence-electron chi connectivity index (χ4n) is 2.01. The number of aromatic nitrogens is 1. The summed E-state index contributed by atoms with van der Waals surface area (Å²) in [6.45, 7) is 2.63. The summed E-state index contributed by atoms with van der Waals surface area (Å²) in [5, 5.41) is 3.00. The number of amides is 1. The second kappa shape index (κ2) is 8.36. The number of para-hydroxylation sites is 1. The van der Waals surface area contributed by atoms with E-state index in [1.54, 1.807) is 11.3 Å². The molecule has 21 heavy (non-hydrogen) atoms. The molecule has 1 unspecified atom stereocenters. The summed E-state index contributed by atoms with van der Waals surface area (Å²) >= 11 is 3.11. The third-order valence-corrected chi connectivity index (χ3v) is 5.34. The number of nitrogens with one attached hydrogen (secondary N) is 1. The second-order valence-corrected chi connectivity index (χ2v) is 7.13. The van der Waals surface area contributed by atoms with Crippen molar-refractivity contribution in [3.63, 3.8) is 0 Å². The van der Waals surface area contributed by atoms with Crippen molar-refractivity contribution >= 4 is 39.2 Å². The number of nitrogens with zero attached hydrogens (tertiary/aromatic N) is 1. The Labute approximate surface area is 133 Å². The van der Waals surface area contributed by atoms with Crippen molar-refractivity contribution in [2.75, 3.05) is 12.3 Å². The number of carbonyl (C=O) groups is 1. The Hall–Kier alpha value is -1.11. The first kappa shape index (κ1) is 16.3. The summed E-state index contributed by atoms with van der Waals surface area (Å²) < 4.78 is 2.09. The monoisotopic (exact) mass is 323 g/mol. The van der Waals surface area contributed by atoms with Gasteiger partial charge in [-0.2, -0.15) is 0 Å². The third-order valence-electron chi connectivity index (χ3n) is 3.16. The van der Waals surface area contributed by atoms with Crippen molar-refractivity contribution in [1.29, 1.82) is 0 Å². The summed E-state index contributed by atoms with van der Waals surface area (Å²) in [4.78, 5) is 16.5. The fourth-order valence-corrected chi connectivity index (χ4v) is 3.89. The molecule has 4 nitrogen and oxygen atoms in total. The lowest BCUT2D eigenvalue weighted by atomic mass is 10.1. The SMILES string of the molecule is CCCCC(CN)NC(=O)CSc1nc2ccccc2s1.